The summed E-state index contributed by atoms with van der Waals surface area (Å²) in [6.45, 7) is 0.392. The van der Waals surface area contributed by atoms with E-state index in [2.05, 4.69) is 11.1 Å². The van der Waals surface area contributed by atoms with Gasteiger partial charge in [-0.2, -0.15) is 5.26 Å². The molecule has 0 aliphatic heterocycles. The van der Waals surface area contributed by atoms with E-state index in [0.29, 0.717) is 45.4 Å². The van der Waals surface area contributed by atoms with Crippen molar-refractivity contribution in [3.8, 4) is 17.5 Å². The zero-order valence-electron chi connectivity index (χ0n) is 15.8. The third kappa shape index (κ3) is 4.19. The van der Waals surface area contributed by atoms with Crippen LogP contribution in [-0.4, -0.2) is 21.9 Å². The first-order chi connectivity index (χ1) is 14.7. The molecule has 148 valence electrons. The fourth-order valence-corrected chi connectivity index (χ4v) is 3.77. The molecule has 1 heterocycles. The van der Waals surface area contributed by atoms with E-state index >= 15 is 0 Å². The van der Waals surface area contributed by atoms with E-state index in [1.807, 2.05) is 6.07 Å². The molecule has 1 aromatic heterocycles. The van der Waals surface area contributed by atoms with Crippen LogP contribution >= 0.6 is 11.8 Å². The second kappa shape index (κ2) is 8.80. The molecule has 0 spiro atoms. The molecule has 4 aromatic rings. The number of benzene rings is 3. The molecule has 0 fully saturated rings. The summed E-state index contributed by atoms with van der Waals surface area (Å²) in [6.07, 6.45) is 0. The monoisotopic (exact) mass is 417 g/mol. The minimum atomic E-state index is -0.370. The number of nitriles is 1. The van der Waals surface area contributed by atoms with Crippen molar-refractivity contribution in [1.29, 1.82) is 5.26 Å². The van der Waals surface area contributed by atoms with Crippen LogP contribution in [0.3, 0.4) is 0 Å². The van der Waals surface area contributed by atoms with Crippen molar-refractivity contribution in [2.24, 2.45) is 0 Å². The Bertz CT molecular complexity index is 1280. The van der Waals surface area contributed by atoms with Crippen molar-refractivity contribution in [2.75, 3.05) is 12.4 Å². The summed E-state index contributed by atoms with van der Waals surface area (Å²) in [6, 6.07) is 21.8. The summed E-state index contributed by atoms with van der Waals surface area (Å²) in [5.41, 5.74) is 1.52. The fourth-order valence-electron chi connectivity index (χ4n) is 2.95. The van der Waals surface area contributed by atoms with Crippen LogP contribution in [0.15, 0.2) is 82.7 Å². The summed E-state index contributed by atoms with van der Waals surface area (Å²) in [5.74, 6) is 0.842. The first kappa shape index (κ1) is 19.7. The number of ether oxygens (including phenoxy) is 1. The molecular formula is C23H16FN3O2S. The minimum absolute atomic E-state index is 0.206. The van der Waals surface area contributed by atoms with Gasteiger partial charge in [-0.05, 0) is 60.7 Å². The van der Waals surface area contributed by atoms with Gasteiger partial charge < -0.3 is 4.74 Å². The first-order valence-electron chi connectivity index (χ1n) is 9.19. The summed E-state index contributed by atoms with van der Waals surface area (Å²) in [4.78, 5) is 17.8. The molecule has 0 unspecified atom stereocenters. The smallest absolute Gasteiger partial charge is 0.266 e. The van der Waals surface area contributed by atoms with Gasteiger partial charge in [-0.15, -0.1) is 0 Å². The van der Waals surface area contributed by atoms with Crippen LogP contribution in [0.5, 0.6) is 5.75 Å². The van der Waals surface area contributed by atoms with E-state index < -0.39 is 0 Å². The molecule has 30 heavy (non-hydrogen) atoms. The molecule has 0 atom stereocenters. The molecule has 7 heteroatoms. The summed E-state index contributed by atoms with van der Waals surface area (Å²) in [7, 11) is 0. The number of rotatable bonds is 6. The van der Waals surface area contributed by atoms with Gasteiger partial charge in [-0.3, -0.25) is 9.36 Å². The third-order valence-corrected chi connectivity index (χ3v) is 5.30. The molecule has 0 amide bonds. The number of thioether (sulfide) groups is 1. The molecule has 5 nitrogen and oxygen atoms in total. The second-order valence-corrected chi connectivity index (χ2v) is 7.42. The van der Waals surface area contributed by atoms with E-state index in [9.17, 15) is 9.18 Å². The van der Waals surface area contributed by atoms with Gasteiger partial charge in [0.15, 0.2) is 5.16 Å². The lowest BCUT2D eigenvalue weighted by atomic mass is 10.2. The number of fused-ring (bicyclic) bond motifs is 1. The normalized spacial score (nSPS) is 10.7. The van der Waals surface area contributed by atoms with Gasteiger partial charge in [0.1, 0.15) is 11.6 Å². The van der Waals surface area contributed by atoms with E-state index in [1.165, 1.54) is 28.5 Å². The maximum Gasteiger partial charge on any atom is 0.266 e. The Labute approximate surface area is 176 Å². The van der Waals surface area contributed by atoms with Crippen LogP contribution in [-0.2, 0) is 0 Å². The van der Waals surface area contributed by atoms with Gasteiger partial charge in [0.25, 0.3) is 5.56 Å². The van der Waals surface area contributed by atoms with E-state index in [4.69, 9.17) is 10.00 Å². The lowest BCUT2D eigenvalue weighted by Crippen LogP contribution is -2.22. The highest BCUT2D eigenvalue weighted by molar-refractivity contribution is 7.99. The van der Waals surface area contributed by atoms with E-state index in [0.717, 1.165) is 0 Å². The van der Waals surface area contributed by atoms with Crippen LogP contribution in [0.25, 0.3) is 16.6 Å². The predicted octanol–water partition coefficient (Wildman–Crippen LogP) is 4.57. The molecule has 0 aliphatic carbocycles. The third-order valence-electron chi connectivity index (χ3n) is 4.40. The Morgan fingerprint density at radius 2 is 1.77 bits per heavy atom. The average molecular weight is 417 g/mol. The Morgan fingerprint density at radius 3 is 2.50 bits per heavy atom. The molecule has 0 N–H and O–H groups in total. The molecule has 0 bridgehead atoms. The largest absolute Gasteiger partial charge is 0.493 e. The van der Waals surface area contributed by atoms with Crippen LogP contribution in [0.2, 0.25) is 0 Å². The van der Waals surface area contributed by atoms with Crippen molar-refractivity contribution < 1.29 is 9.13 Å². The highest BCUT2D eigenvalue weighted by Crippen LogP contribution is 2.22. The van der Waals surface area contributed by atoms with Crippen LogP contribution in [0.4, 0.5) is 4.39 Å². The van der Waals surface area contributed by atoms with Crippen molar-refractivity contribution >= 4 is 22.7 Å². The molecule has 4 rings (SSSR count). The van der Waals surface area contributed by atoms with Crippen molar-refractivity contribution in [3.63, 3.8) is 0 Å². The fraction of sp³-hybridized carbons (Fsp3) is 0.0870. The van der Waals surface area contributed by atoms with Crippen LogP contribution in [0, 0.1) is 17.1 Å². The number of nitrogens with zero attached hydrogens (tertiary/aromatic N) is 3. The number of halogens is 1. The summed E-state index contributed by atoms with van der Waals surface area (Å²) >= 11 is 1.38. The topological polar surface area (TPSA) is 67.9 Å². The van der Waals surface area contributed by atoms with Gasteiger partial charge in [0, 0.05) is 5.75 Å². The first-order valence-corrected chi connectivity index (χ1v) is 10.2. The molecule has 0 aliphatic rings. The quantitative estimate of drug-likeness (QED) is 0.261. The van der Waals surface area contributed by atoms with Crippen molar-refractivity contribution in [2.45, 2.75) is 5.16 Å². The van der Waals surface area contributed by atoms with Crippen molar-refractivity contribution in [3.05, 3.63) is 94.5 Å². The lowest BCUT2D eigenvalue weighted by Gasteiger charge is -2.13. The maximum absolute atomic E-state index is 13.4. The maximum atomic E-state index is 13.4. The Morgan fingerprint density at radius 1 is 1.03 bits per heavy atom. The number of hydrogen-bond donors (Lipinski definition) is 0. The van der Waals surface area contributed by atoms with Gasteiger partial charge >= 0.3 is 0 Å². The number of para-hydroxylation sites is 1. The highest BCUT2D eigenvalue weighted by atomic mass is 32.2. The highest BCUT2D eigenvalue weighted by Gasteiger charge is 2.13. The Kier molecular flexibility index (Phi) is 5.77. The van der Waals surface area contributed by atoms with E-state index in [-0.39, 0.29) is 11.4 Å². The molecule has 0 saturated heterocycles. The number of aromatic nitrogens is 2. The van der Waals surface area contributed by atoms with Gasteiger partial charge in [-0.1, -0.05) is 23.9 Å². The Hall–Kier alpha value is -3.63. The predicted molar refractivity (Wildman–Crippen MR) is 115 cm³/mol. The molecule has 0 saturated carbocycles. The van der Waals surface area contributed by atoms with Crippen LogP contribution in [0.1, 0.15) is 5.56 Å². The van der Waals surface area contributed by atoms with Crippen molar-refractivity contribution in [1.82, 2.24) is 9.55 Å². The number of hydrogen-bond acceptors (Lipinski definition) is 5. The second-order valence-electron chi connectivity index (χ2n) is 6.36. The molecule has 0 radical (unpaired) electrons. The zero-order chi connectivity index (χ0) is 20.9. The standard InChI is InChI=1S/C23H16FN3O2S/c24-17-7-9-18(10-8-17)27-22(28)20-3-1-2-4-21(20)26-23(27)30-14-13-29-19-11-5-16(15-25)6-12-19/h1-12H,13-14H2. The lowest BCUT2D eigenvalue weighted by molar-refractivity contribution is 0.344. The summed E-state index contributed by atoms with van der Waals surface area (Å²) < 4.78 is 20.6. The minimum Gasteiger partial charge on any atom is -0.493 e. The van der Waals surface area contributed by atoms with Crippen LogP contribution < -0.4 is 10.3 Å². The average Bonchev–Trinajstić information content (AvgIpc) is 2.78. The van der Waals surface area contributed by atoms with E-state index in [1.54, 1.807) is 54.6 Å². The Balaban J connectivity index is 1.59. The summed E-state index contributed by atoms with van der Waals surface area (Å²) in [5, 5.41) is 9.86. The van der Waals surface area contributed by atoms with Gasteiger partial charge in [0.05, 0.1) is 34.8 Å². The van der Waals surface area contributed by atoms with Gasteiger partial charge in [0.2, 0.25) is 0 Å². The van der Waals surface area contributed by atoms with Gasteiger partial charge in [-0.25, -0.2) is 9.37 Å². The molecular weight excluding hydrogens is 401 g/mol. The SMILES string of the molecule is N#Cc1ccc(OCCSc2nc3ccccc3c(=O)n2-c2ccc(F)cc2)cc1. The zero-order valence-corrected chi connectivity index (χ0v) is 16.6. The molecule has 3 aromatic carbocycles.